The van der Waals surface area contributed by atoms with Crippen LogP contribution in [0.25, 0.3) is 0 Å². The van der Waals surface area contributed by atoms with Gasteiger partial charge in [0.05, 0.1) is 11.9 Å². The van der Waals surface area contributed by atoms with Crippen molar-refractivity contribution >= 4 is 10.0 Å². The molecule has 0 aliphatic carbocycles. The maximum Gasteiger partial charge on any atom is 0.214 e. The minimum Gasteiger partial charge on any atom is -0.392 e. The average molecular weight is 221 g/mol. The van der Waals surface area contributed by atoms with Gasteiger partial charge >= 0.3 is 0 Å². The third-order valence-electron chi connectivity index (χ3n) is 2.47. The van der Waals surface area contributed by atoms with Crippen LogP contribution in [-0.4, -0.2) is 42.8 Å². The molecule has 0 spiro atoms. The molecule has 0 saturated carbocycles. The minimum atomic E-state index is -3.11. The van der Waals surface area contributed by atoms with E-state index in [2.05, 4.69) is 0 Å². The first-order valence-electron chi connectivity index (χ1n) is 5.07. The smallest absolute Gasteiger partial charge is 0.214 e. The van der Waals surface area contributed by atoms with Gasteiger partial charge in [0.2, 0.25) is 10.0 Å². The summed E-state index contributed by atoms with van der Waals surface area (Å²) in [4.78, 5) is 0. The predicted octanol–water partition coefficient (Wildman–Crippen LogP) is 0.429. The van der Waals surface area contributed by atoms with Gasteiger partial charge in [-0.1, -0.05) is 13.8 Å². The van der Waals surface area contributed by atoms with Gasteiger partial charge < -0.3 is 5.11 Å². The summed E-state index contributed by atoms with van der Waals surface area (Å²) in [6.07, 6.45) is 0.791. The molecule has 1 fully saturated rings. The Morgan fingerprint density at radius 3 is 2.57 bits per heavy atom. The highest BCUT2D eigenvalue weighted by atomic mass is 32.2. The quantitative estimate of drug-likeness (QED) is 0.749. The van der Waals surface area contributed by atoms with Crippen LogP contribution in [0.4, 0.5) is 0 Å². The summed E-state index contributed by atoms with van der Waals surface area (Å²) in [6, 6.07) is 0. The van der Waals surface area contributed by atoms with Crippen molar-refractivity contribution in [3.05, 3.63) is 0 Å². The fourth-order valence-electron chi connectivity index (χ4n) is 1.48. The van der Waals surface area contributed by atoms with Crippen LogP contribution >= 0.6 is 0 Å². The van der Waals surface area contributed by atoms with Crippen molar-refractivity contribution in [1.29, 1.82) is 0 Å². The molecular formula is C9H19NO3S. The van der Waals surface area contributed by atoms with Gasteiger partial charge in [-0.15, -0.1) is 0 Å². The Balaban J connectivity index is 2.49. The second kappa shape index (κ2) is 4.59. The van der Waals surface area contributed by atoms with Crippen LogP contribution in [0.15, 0.2) is 0 Å². The van der Waals surface area contributed by atoms with Crippen LogP contribution in [0.1, 0.15) is 26.7 Å². The number of sulfonamides is 1. The molecule has 1 atom stereocenters. The van der Waals surface area contributed by atoms with Crippen molar-refractivity contribution in [2.75, 3.05) is 18.8 Å². The summed E-state index contributed by atoms with van der Waals surface area (Å²) < 4.78 is 24.8. The summed E-state index contributed by atoms with van der Waals surface area (Å²) in [7, 11) is -3.11. The first kappa shape index (κ1) is 11.9. The first-order chi connectivity index (χ1) is 6.42. The van der Waals surface area contributed by atoms with Gasteiger partial charge in [0.25, 0.3) is 0 Å². The fourth-order valence-corrected chi connectivity index (χ4v) is 3.29. The molecule has 0 amide bonds. The first-order valence-corrected chi connectivity index (χ1v) is 6.68. The van der Waals surface area contributed by atoms with Gasteiger partial charge in [-0.25, -0.2) is 8.42 Å². The Morgan fingerprint density at radius 2 is 2.14 bits per heavy atom. The van der Waals surface area contributed by atoms with Crippen molar-refractivity contribution in [3.63, 3.8) is 0 Å². The Kier molecular flexibility index (Phi) is 3.92. The molecule has 1 rings (SSSR count). The Labute approximate surface area is 86.0 Å². The molecule has 0 radical (unpaired) electrons. The lowest BCUT2D eigenvalue weighted by molar-refractivity contribution is 0.189. The van der Waals surface area contributed by atoms with Gasteiger partial charge in [-0.3, -0.25) is 0 Å². The molecule has 0 bridgehead atoms. The molecule has 1 N–H and O–H groups in total. The summed E-state index contributed by atoms with van der Waals surface area (Å²) >= 11 is 0. The van der Waals surface area contributed by atoms with E-state index in [1.54, 1.807) is 0 Å². The molecular weight excluding hydrogens is 202 g/mol. The molecule has 0 aromatic rings. The number of hydrogen-bond donors (Lipinski definition) is 1. The molecule has 14 heavy (non-hydrogen) atoms. The molecule has 5 heteroatoms. The fraction of sp³-hybridized carbons (Fsp3) is 1.00. The van der Waals surface area contributed by atoms with Crippen molar-refractivity contribution in [2.45, 2.75) is 32.8 Å². The van der Waals surface area contributed by atoms with Crippen molar-refractivity contribution in [3.8, 4) is 0 Å². The van der Waals surface area contributed by atoms with Crippen LogP contribution in [0, 0.1) is 5.92 Å². The lowest BCUT2D eigenvalue weighted by Gasteiger charge is -2.16. The molecule has 1 saturated heterocycles. The molecule has 84 valence electrons. The number of β-amino-alcohol motifs (C(OH)–C–C–N with tert-alkyl or cyclic N) is 1. The number of aliphatic hydroxyl groups is 1. The van der Waals surface area contributed by atoms with Crippen LogP contribution in [-0.2, 0) is 10.0 Å². The molecule has 1 aliphatic heterocycles. The zero-order valence-electron chi connectivity index (χ0n) is 8.81. The van der Waals surface area contributed by atoms with Crippen LogP contribution < -0.4 is 0 Å². The van der Waals surface area contributed by atoms with Gasteiger partial charge in [0, 0.05) is 13.1 Å². The zero-order chi connectivity index (χ0) is 10.8. The number of hydrogen-bond acceptors (Lipinski definition) is 3. The SMILES string of the molecule is CC(C)CCS(=O)(=O)N1CC[C@@H](O)C1. The largest absolute Gasteiger partial charge is 0.392 e. The van der Waals surface area contributed by atoms with E-state index < -0.39 is 16.1 Å². The number of nitrogens with zero attached hydrogens (tertiary/aromatic N) is 1. The third-order valence-corrected chi connectivity index (χ3v) is 4.34. The summed E-state index contributed by atoms with van der Waals surface area (Å²) in [5, 5.41) is 9.23. The summed E-state index contributed by atoms with van der Waals surface area (Å²) in [6.45, 7) is 4.77. The predicted molar refractivity (Wildman–Crippen MR) is 55.4 cm³/mol. The highest BCUT2D eigenvalue weighted by molar-refractivity contribution is 7.89. The molecule has 1 aliphatic rings. The topological polar surface area (TPSA) is 57.6 Å². The van der Waals surface area contributed by atoms with E-state index >= 15 is 0 Å². The van der Waals surface area contributed by atoms with Gasteiger partial charge in [0.1, 0.15) is 0 Å². The second-order valence-corrected chi connectivity index (χ2v) is 6.39. The van der Waals surface area contributed by atoms with Crippen molar-refractivity contribution in [1.82, 2.24) is 4.31 Å². The second-order valence-electron chi connectivity index (χ2n) is 4.30. The number of rotatable bonds is 4. The Bertz CT molecular complexity index is 274. The van der Waals surface area contributed by atoms with Gasteiger partial charge in [0.15, 0.2) is 0 Å². The summed E-state index contributed by atoms with van der Waals surface area (Å²) in [5.41, 5.74) is 0. The molecule has 0 aromatic carbocycles. The Morgan fingerprint density at radius 1 is 1.50 bits per heavy atom. The van der Waals surface area contributed by atoms with E-state index in [1.165, 1.54) is 4.31 Å². The average Bonchev–Trinajstić information content (AvgIpc) is 2.49. The molecule has 1 heterocycles. The third kappa shape index (κ3) is 3.22. The van der Waals surface area contributed by atoms with Gasteiger partial charge in [-0.05, 0) is 18.8 Å². The highest BCUT2D eigenvalue weighted by Crippen LogP contribution is 2.15. The monoisotopic (exact) mass is 221 g/mol. The van der Waals surface area contributed by atoms with Crippen molar-refractivity contribution < 1.29 is 13.5 Å². The normalized spacial score (nSPS) is 24.7. The van der Waals surface area contributed by atoms with E-state index in [1.807, 2.05) is 13.8 Å². The van der Waals surface area contributed by atoms with E-state index in [0.717, 1.165) is 0 Å². The minimum absolute atomic E-state index is 0.206. The molecule has 0 aromatic heterocycles. The Hall–Kier alpha value is -0.130. The van der Waals surface area contributed by atoms with E-state index in [9.17, 15) is 13.5 Å². The maximum atomic E-state index is 11.7. The zero-order valence-corrected chi connectivity index (χ0v) is 9.63. The van der Waals surface area contributed by atoms with Gasteiger partial charge in [-0.2, -0.15) is 4.31 Å². The lowest BCUT2D eigenvalue weighted by Crippen LogP contribution is -2.32. The van der Waals surface area contributed by atoms with Crippen LogP contribution in [0.2, 0.25) is 0 Å². The standard InChI is InChI=1S/C9H19NO3S/c1-8(2)4-6-14(12,13)10-5-3-9(11)7-10/h8-9,11H,3-7H2,1-2H3/t9-/m1/s1. The van der Waals surface area contributed by atoms with E-state index in [4.69, 9.17) is 0 Å². The van der Waals surface area contributed by atoms with E-state index in [0.29, 0.717) is 25.3 Å². The summed E-state index contributed by atoms with van der Waals surface area (Å²) in [5.74, 6) is 0.606. The van der Waals surface area contributed by atoms with E-state index in [-0.39, 0.29) is 12.3 Å². The highest BCUT2D eigenvalue weighted by Gasteiger charge is 2.29. The van der Waals surface area contributed by atoms with Crippen LogP contribution in [0.5, 0.6) is 0 Å². The maximum absolute atomic E-state index is 11.7. The molecule has 0 unspecified atom stereocenters. The lowest BCUT2D eigenvalue weighted by atomic mass is 10.2. The van der Waals surface area contributed by atoms with Crippen molar-refractivity contribution in [2.24, 2.45) is 5.92 Å². The molecule has 4 nitrogen and oxygen atoms in total. The van der Waals surface area contributed by atoms with Crippen LogP contribution in [0.3, 0.4) is 0 Å². The number of aliphatic hydroxyl groups excluding tert-OH is 1.